The van der Waals surface area contributed by atoms with Gasteiger partial charge in [0.05, 0.1) is 29.5 Å². The maximum atomic E-state index is 12.4. The normalized spacial score (nSPS) is 10.7. The van der Waals surface area contributed by atoms with E-state index in [4.69, 9.17) is 8.83 Å². The van der Waals surface area contributed by atoms with Crippen LogP contribution in [0.25, 0.3) is 22.9 Å². The number of thioether (sulfide) groups is 1. The molecule has 4 rings (SSSR count). The number of carboxylic acid groups (broad SMARTS) is 1. The first-order valence-electron chi connectivity index (χ1n) is 9.11. The van der Waals surface area contributed by atoms with Gasteiger partial charge in [0, 0.05) is 0 Å². The van der Waals surface area contributed by atoms with Crippen molar-refractivity contribution in [1.29, 1.82) is 0 Å². The zero-order valence-corrected chi connectivity index (χ0v) is 17.0. The van der Waals surface area contributed by atoms with Gasteiger partial charge in [0.2, 0.25) is 11.1 Å². The summed E-state index contributed by atoms with van der Waals surface area (Å²) in [6, 6.07) is 11.7. The highest BCUT2D eigenvalue weighted by Gasteiger charge is 2.19. The summed E-state index contributed by atoms with van der Waals surface area (Å²) in [6.07, 6.45) is 3.04. The lowest BCUT2D eigenvalue weighted by molar-refractivity contribution is -0.113. The van der Waals surface area contributed by atoms with Crippen LogP contribution < -0.4 is 5.32 Å². The maximum Gasteiger partial charge on any atom is 0.337 e. The van der Waals surface area contributed by atoms with Crippen molar-refractivity contribution in [3.63, 3.8) is 0 Å². The fraction of sp³-hybridized carbons (Fsp3) is 0.0952. The molecule has 1 aromatic carbocycles. The molecule has 3 heterocycles. The number of furan rings is 2. The van der Waals surface area contributed by atoms with Gasteiger partial charge in [-0.15, -0.1) is 10.2 Å². The molecular weight excluding hydrogens is 420 g/mol. The second-order valence-corrected chi connectivity index (χ2v) is 7.33. The van der Waals surface area contributed by atoms with Crippen LogP contribution >= 0.6 is 11.8 Å². The summed E-state index contributed by atoms with van der Waals surface area (Å²) in [4.78, 5) is 28.3. The zero-order valence-electron chi connectivity index (χ0n) is 16.2. The molecule has 10 heteroatoms. The summed E-state index contributed by atoms with van der Waals surface area (Å²) < 4.78 is 10.9. The van der Waals surface area contributed by atoms with Gasteiger partial charge >= 0.3 is 5.97 Å². The Balaban J connectivity index is 1.53. The van der Waals surface area contributed by atoms with Crippen LogP contribution in [0.5, 0.6) is 0 Å². The predicted molar refractivity (Wildman–Crippen MR) is 113 cm³/mol. The van der Waals surface area contributed by atoms with E-state index in [0.29, 0.717) is 28.5 Å². The quantitative estimate of drug-likeness (QED) is 0.410. The molecule has 0 aliphatic rings. The predicted octanol–water partition coefficient (Wildman–Crippen LogP) is 4.13. The highest BCUT2D eigenvalue weighted by molar-refractivity contribution is 7.99. The number of amides is 1. The van der Waals surface area contributed by atoms with Crippen LogP contribution in [0, 0.1) is 6.92 Å². The highest BCUT2D eigenvalue weighted by atomic mass is 32.2. The number of benzene rings is 1. The van der Waals surface area contributed by atoms with E-state index in [1.807, 2.05) is 0 Å². The first-order chi connectivity index (χ1) is 15.0. The molecule has 0 saturated heterocycles. The van der Waals surface area contributed by atoms with Crippen molar-refractivity contribution in [3.8, 4) is 22.9 Å². The first kappa shape index (κ1) is 20.4. The van der Waals surface area contributed by atoms with Gasteiger partial charge in [-0.25, -0.2) is 9.78 Å². The SMILES string of the molecule is Cc1cccc(C(=O)O)c1NC(=O)CSc1nnc(-c2ccco2)c(-c2ccco2)n1. The van der Waals surface area contributed by atoms with Crippen LogP contribution in [0.2, 0.25) is 0 Å². The number of carbonyl (C=O) groups excluding carboxylic acids is 1. The Morgan fingerprint density at radius 3 is 2.35 bits per heavy atom. The molecule has 0 fully saturated rings. The third kappa shape index (κ3) is 4.48. The van der Waals surface area contributed by atoms with Gasteiger partial charge < -0.3 is 19.3 Å². The van der Waals surface area contributed by atoms with Gasteiger partial charge in [-0.1, -0.05) is 23.9 Å². The lowest BCUT2D eigenvalue weighted by atomic mass is 10.1. The number of anilines is 1. The molecule has 4 aromatic rings. The molecule has 0 atom stereocenters. The van der Waals surface area contributed by atoms with Gasteiger partial charge in [0.1, 0.15) is 5.69 Å². The molecular formula is C21H16N4O5S. The topological polar surface area (TPSA) is 131 Å². The number of nitrogens with one attached hydrogen (secondary N) is 1. The van der Waals surface area contributed by atoms with E-state index in [1.54, 1.807) is 43.3 Å². The molecule has 0 bridgehead atoms. The van der Waals surface area contributed by atoms with Crippen LogP contribution in [-0.4, -0.2) is 37.9 Å². The number of hydrogen-bond acceptors (Lipinski definition) is 8. The van der Waals surface area contributed by atoms with Gasteiger partial charge in [-0.3, -0.25) is 4.79 Å². The number of rotatable bonds is 7. The second-order valence-electron chi connectivity index (χ2n) is 6.39. The van der Waals surface area contributed by atoms with Crippen molar-refractivity contribution in [1.82, 2.24) is 15.2 Å². The molecule has 0 unspecified atom stereocenters. The van der Waals surface area contributed by atoms with Crippen molar-refractivity contribution < 1.29 is 23.5 Å². The van der Waals surface area contributed by atoms with E-state index >= 15 is 0 Å². The summed E-state index contributed by atoms with van der Waals surface area (Å²) in [5, 5.41) is 20.5. The van der Waals surface area contributed by atoms with E-state index in [0.717, 1.165) is 11.8 Å². The van der Waals surface area contributed by atoms with Crippen LogP contribution in [-0.2, 0) is 4.79 Å². The van der Waals surface area contributed by atoms with Crippen molar-refractivity contribution in [2.45, 2.75) is 12.1 Å². The van der Waals surface area contributed by atoms with Crippen molar-refractivity contribution in [3.05, 3.63) is 66.1 Å². The molecule has 2 N–H and O–H groups in total. The van der Waals surface area contributed by atoms with Gasteiger partial charge in [0.15, 0.2) is 17.2 Å². The number of carboxylic acids is 1. The fourth-order valence-electron chi connectivity index (χ4n) is 2.85. The zero-order chi connectivity index (χ0) is 21.8. The van der Waals surface area contributed by atoms with E-state index in [9.17, 15) is 14.7 Å². The van der Waals surface area contributed by atoms with Crippen LogP contribution in [0.3, 0.4) is 0 Å². The molecule has 0 saturated carbocycles. The van der Waals surface area contributed by atoms with Crippen LogP contribution in [0.15, 0.2) is 69.0 Å². The number of aryl methyl sites for hydroxylation is 1. The van der Waals surface area contributed by atoms with E-state index in [-0.39, 0.29) is 28.1 Å². The molecule has 31 heavy (non-hydrogen) atoms. The Bertz CT molecular complexity index is 1220. The molecule has 0 aliphatic heterocycles. The maximum absolute atomic E-state index is 12.4. The second kappa shape index (κ2) is 8.84. The molecule has 3 aromatic heterocycles. The van der Waals surface area contributed by atoms with Gasteiger partial charge in [-0.05, 0) is 42.8 Å². The smallest absolute Gasteiger partial charge is 0.337 e. The summed E-state index contributed by atoms with van der Waals surface area (Å²) in [5.41, 5.74) is 1.80. The number of aromatic nitrogens is 3. The molecule has 0 aliphatic carbocycles. The lowest BCUT2D eigenvalue weighted by Gasteiger charge is -2.11. The Morgan fingerprint density at radius 1 is 1.00 bits per heavy atom. The third-order valence-corrected chi connectivity index (χ3v) is 5.11. The summed E-state index contributed by atoms with van der Waals surface area (Å²) >= 11 is 1.07. The molecule has 9 nitrogen and oxygen atoms in total. The van der Waals surface area contributed by atoms with Crippen molar-refractivity contribution in [2.24, 2.45) is 0 Å². The number of para-hydroxylation sites is 1. The lowest BCUT2D eigenvalue weighted by Crippen LogP contribution is -2.18. The minimum Gasteiger partial charge on any atom is -0.478 e. The fourth-order valence-corrected chi connectivity index (χ4v) is 3.44. The third-order valence-electron chi connectivity index (χ3n) is 4.28. The van der Waals surface area contributed by atoms with Crippen molar-refractivity contribution >= 4 is 29.3 Å². The standard InChI is InChI=1S/C21H16N4O5S/c1-12-5-2-6-13(20(27)28)17(12)22-16(26)11-31-21-23-18(14-7-3-9-29-14)19(24-25-21)15-8-4-10-30-15/h2-10H,11H2,1H3,(H,22,26)(H,27,28). The largest absolute Gasteiger partial charge is 0.478 e. The molecule has 0 radical (unpaired) electrons. The Morgan fingerprint density at radius 2 is 1.71 bits per heavy atom. The summed E-state index contributed by atoms with van der Waals surface area (Å²) in [6.45, 7) is 1.73. The molecule has 156 valence electrons. The number of hydrogen-bond donors (Lipinski definition) is 2. The number of carbonyl (C=O) groups is 2. The average Bonchev–Trinajstić information content (AvgIpc) is 3.47. The summed E-state index contributed by atoms with van der Waals surface area (Å²) in [5.74, 6) is -0.567. The first-order valence-corrected chi connectivity index (χ1v) is 10.1. The molecule has 0 spiro atoms. The minimum atomic E-state index is -1.12. The van der Waals surface area contributed by atoms with Gasteiger partial charge in [-0.2, -0.15) is 0 Å². The Hall–Kier alpha value is -3.92. The van der Waals surface area contributed by atoms with Gasteiger partial charge in [0.25, 0.3) is 0 Å². The van der Waals surface area contributed by atoms with E-state index in [2.05, 4.69) is 20.5 Å². The monoisotopic (exact) mass is 436 g/mol. The van der Waals surface area contributed by atoms with E-state index in [1.165, 1.54) is 18.6 Å². The highest BCUT2D eigenvalue weighted by Crippen LogP contribution is 2.30. The summed E-state index contributed by atoms with van der Waals surface area (Å²) in [7, 11) is 0. The average molecular weight is 436 g/mol. The van der Waals surface area contributed by atoms with Crippen molar-refractivity contribution in [2.75, 3.05) is 11.1 Å². The Labute approximate surface area is 180 Å². The Kier molecular flexibility index (Phi) is 5.80. The molecule has 1 amide bonds. The minimum absolute atomic E-state index is 0.0270. The van der Waals surface area contributed by atoms with Crippen LogP contribution in [0.1, 0.15) is 15.9 Å². The van der Waals surface area contributed by atoms with Crippen LogP contribution in [0.4, 0.5) is 5.69 Å². The van der Waals surface area contributed by atoms with E-state index < -0.39 is 5.97 Å². The number of nitrogens with zero attached hydrogens (tertiary/aromatic N) is 3. The number of aromatic carboxylic acids is 1.